The number of terminal acetylenes is 1. The zero-order chi connectivity index (χ0) is 29.6. The molecule has 0 aliphatic heterocycles. The molecule has 0 aromatic carbocycles. The molecule has 0 aliphatic rings. The van der Waals surface area contributed by atoms with Gasteiger partial charge in [0.2, 0.25) is 0 Å². The third-order valence-corrected chi connectivity index (χ3v) is 9.04. The van der Waals surface area contributed by atoms with Crippen molar-refractivity contribution in [3.05, 3.63) is 12.7 Å². The first kappa shape index (κ1) is 46.7. The van der Waals surface area contributed by atoms with E-state index in [-0.39, 0.29) is 13.3 Å². The normalized spacial score (nSPS) is 12.7. The Bertz CT molecular complexity index is 460. The van der Waals surface area contributed by atoms with Crippen molar-refractivity contribution >= 4 is 58.7 Å². The molecule has 4 atom stereocenters. The van der Waals surface area contributed by atoms with Crippen LogP contribution in [-0.2, 0) is 4.79 Å². The summed E-state index contributed by atoms with van der Waals surface area (Å²) in [4.78, 5) is 9.83. The number of allylic oxidation sites excluding steroid dienone is 1. The van der Waals surface area contributed by atoms with E-state index >= 15 is 0 Å². The Morgan fingerprint density at radius 2 is 1.47 bits per heavy atom. The van der Waals surface area contributed by atoms with E-state index in [0.29, 0.717) is 5.41 Å². The number of rotatable bonds is 12. The van der Waals surface area contributed by atoms with Crippen LogP contribution in [0.4, 0.5) is 0 Å². The van der Waals surface area contributed by atoms with Gasteiger partial charge in [0.15, 0.2) is 0 Å². The van der Waals surface area contributed by atoms with E-state index in [4.69, 9.17) is 6.42 Å². The zero-order valence-electron chi connectivity index (χ0n) is 26.4. The average molecular weight is 599 g/mol. The Hall–Kier alpha value is 0.880. The molecule has 0 bridgehead atoms. The van der Waals surface area contributed by atoms with Crippen molar-refractivity contribution in [2.24, 2.45) is 16.7 Å². The SMILES string of the molecule is C#CCC(CC(C)SC)CP(C)CCCSC.C=CC(C)(C)C.CC(C)(C)C=O.CCCSC.CP. The molecule has 0 spiro atoms. The third-order valence-electron chi connectivity index (χ3n) is 4.31. The zero-order valence-corrected chi connectivity index (χ0v) is 30.9. The number of thioether (sulfide) groups is 3. The van der Waals surface area contributed by atoms with Gasteiger partial charge < -0.3 is 4.79 Å². The molecule has 6 heteroatoms. The molecule has 0 saturated carbocycles. The predicted molar refractivity (Wildman–Crippen MR) is 190 cm³/mol. The fourth-order valence-corrected chi connectivity index (χ4v) is 5.73. The molecule has 0 amide bonds. The van der Waals surface area contributed by atoms with Crippen LogP contribution in [0.15, 0.2) is 12.7 Å². The first-order valence-corrected chi connectivity index (χ1v) is 20.4. The molecule has 4 unspecified atom stereocenters. The molecule has 0 aliphatic carbocycles. The molecule has 0 aromatic rings. The highest BCUT2D eigenvalue weighted by Crippen LogP contribution is 2.37. The number of aldehydes is 1. The van der Waals surface area contributed by atoms with Crippen molar-refractivity contribution in [2.45, 2.75) is 86.3 Å². The van der Waals surface area contributed by atoms with E-state index in [1.807, 2.05) is 68.8 Å². The fourth-order valence-electron chi connectivity index (χ4n) is 2.17. The van der Waals surface area contributed by atoms with Gasteiger partial charge in [-0.15, -0.1) is 36.1 Å². The van der Waals surface area contributed by atoms with Crippen molar-refractivity contribution in [2.75, 3.05) is 55.9 Å². The minimum absolute atomic E-state index is 0.139. The molecule has 0 fully saturated rings. The lowest BCUT2D eigenvalue weighted by molar-refractivity contribution is -0.113. The van der Waals surface area contributed by atoms with Crippen LogP contribution in [0.5, 0.6) is 0 Å². The van der Waals surface area contributed by atoms with Gasteiger partial charge in [-0.25, -0.2) is 0 Å². The minimum Gasteiger partial charge on any atom is -0.303 e. The van der Waals surface area contributed by atoms with Crippen LogP contribution >= 0.6 is 52.4 Å². The van der Waals surface area contributed by atoms with Gasteiger partial charge in [0.25, 0.3) is 0 Å². The van der Waals surface area contributed by atoms with Gasteiger partial charge in [-0.05, 0) is 79.9 Å². The molecule has 1 nitrogen and oxygen atoms in total. The maximum atomic E-state index is 9.83. The van der Waals surface area contributed by atoms with Gasteiger partial charge in [-0.2, -0.15) is 35.3 Å². The van der Waals surface area contributed by atoms with Crippen molar-refractivity contribution in [3.63, 3.8) is 0 Å². The average Bonchev–Trinajstić information content (AvgIpc) is 2.81. The summed E-state index contributed by atoms with van der Waals surface area (Å²) in [6, 6.07) is 0. The van der Waals surface area contributed by atoms with E-state index in [9.17, 15) is 4.79 Å². The summed E-state index contributed by atoms with van der Waals surface area (Å²) in [5.41, 5.74) is 0.167. The van der Waals surface area contributed by atoms with Crippen molar-refractivity contribution in [3.8, 4) is 12.3 Å². The Labute approximate surface area is 246 Å². The Balaban J connectivity index is -0.000000138. The number of carbonyl (C=O) groups is 1. The van der Waals surface area contributed by atoms with E-state index < -0.39 is 0 Å². The van der Waals surface area contributed by atoms with E-state index in [0.717, 1.165) is 23.9 Å². The topological polar surface area (TPSA) is 17.1 Å². The van der Waals surface area contributed by atoms with Crippen molar-refractivity contribution in [1.29, 1.82) is 0 Å². The molecule has 36 heavy (non-hydrogen) atoms. The maximum absolute atomic E-state index is 9.83. The molecule has 0 heterocycles. The highest BCUT2D eigenvalue weighted by atomic mass is 32.2. The second-order valence-electron chi connectivity index (χ2n) is 10.7. The second-order valence-corrected chi connectivity index (χ2v) is 16.5. The summed E-state index contributed by atoms with van der Waals surface area (Å²) in [7, 11) is 2.62. The van der Waals surface area contributed by atoms with Crippen LogP contribution in [0, 0.1) is 29.1 Å². The van der Waals surface area contributed by atoms with Crippen LogP contribution < -0.4 is 0 Å². The molecule has 0 aromatic heterocycles. The summed E-state index contributed by atoms with van der Waals surface area (Å²) < 4.78 is 0. The Morgan fingerprint density at radius 1 is 1.03 bits per heavy atom. The summed E-state index contributed by atoms with van der Waals surface area (Å²) in [6.07, 6.45) is 22.6. The quantitative estimate of drug-likeness (QED) is 0.0730. The fraction of sp³-hybridized carbons (Fsp3) is 0.833. The summed E-state index contributed by atoms with van der Waals surface area (Å²) in [5.74, 6) is 6.24. The van der Waals surface area contributed by atoms with Crippen LogP contribution in [0.3, 0.4) is 0 Å². The van der Waals surface area contributed by atoms with Crippen LogP contribution in [0.1, 0.15) is 81.1 Å². The van der Waals surface area contributed by atoms with E-state index in [1.54, 1.807) is 0 Å². The third kappa shape index (κ3) is 55.4. The van der Waals surface area contributed by atoms with Gasteiger partial charge in [0.05, 0.1) is 0 Å². The monoisotopic (exact) mass is 598 g/mol. The van der Waals surface area contributed by atoms with Crippen LogP contribution in [0.2, 0.25) is 0 Å². The lowest BCUT2D eigenvalue weighted by atomic mass is 9.98. The van der Waals surface area contributed by atoms with Gasteiger partial charge in [-0.1, -0.05) is 68.1 Å². The van der Waals surface area contributed by atoms with Crippen LogP contribution in [0.25, 0.3) is 0 Å². The summed E-state index contributed by atoms with van der Waals surface area (Å²) >= 11 is 5.83. The first-order chi connectivity index (χ1) is 16.7. The molecule has 0 N–H and O–H groups in total. The highest BCUT2D eigenvalue weighted by Gasteiger charge is 2.15. The van der Waals surface area contributed by atoms with Gasteiger partial charge in [0, 0.05) is 17.1 Å². The Morgan fingerprint density at radius 3 is 1.72 bits per heavy atom. The van der Waals surface area contributed by atoms with Crippen molar-refractivity contribution < 1.29 is 4.79 Å². The molecule has 0 rings (SSSR count). The summed E-state index contributed by atoms with van der Waals surface area (Å²) in [5, 5.41) is 0.753. The van der Waals surface area contributed by atoms with Crippen molar-refractivity contribution in [1.82, 2.24) is 0 Å². The molecular formula is C30H64OP2S3. The van der Waals surface area contributed by atoms with Gasteiger partial charge in [0.1, 0.15) is 6.29 Å². The standard InChI is InChI=1S/C14H27PS2.C6H12.C5H10O.C4H10S.CH5P/c1-6-8-14(11-13(2)17-5)12-15(3)9-7-10-16-4;1-5-6(2,3)4;1-5(2,3)4-6;1-3-4-5-2;1-2/h1,13-14H,7-12H2,2-5H3;5H,1H2,2-4H3;4H,1-3H3;3-4H2,1-2H3;2H2,1H3. The predicted octanol–water partition coefficient (Wildman–Crippen LogP) is 10.3. The highest BCUT2D eigenvalue weighted by molar-refractivity contribution is 7.99. The van der Waals surface area contributed by atoms with E-state index in [1.165, 1.54) is 43.1 Å². The number of hydrogen-bond acceptors (Lipinski definition) is 4. The van der Waals surface area contributed by atoms with Gasteiger partial charge in [-0.3, -0.25) is 0 Å². The van der Waals surface area contributed by atoms with Gasteiger partial charge >= 0.3 is 0 Å². The summed E-state index contributed by atoms with van der Waals surface area (Å²) in [6.45, 7) is 24.5. The molecular weight excluding hydrogens is 534 g/mol. The smallest absolute Gasteiger partial charge is 0.125 e. The Kier molecular flexibility index (Phi) is 44.0. The molecule has 0 saturated heterocycles. The lowest BCUT2D eigenvalue weighted by Crippen LogP contribution is -2.11. The minimum atomic E-state index is -0.139. The van der Waals surface area contributed by atoms with Crippen LogP contribution in [-0.4, -0.2) is 67.5 Å². The molecule has 218 valence electrons. The first-order valence-electron chi connectivity index (χ1n) is 13.0. The van der Waals surface area contributed by atoms with E-state index in [2.05, 4.69) is 81.8 Å². The largest absolute Gasteiger partial charge is 0.303 e. The second kappa shape index (κ2) is 33.9. The maximum Gasteiger partial charge on any atom is 0.125 e. The lowest BCUT2D eigenvalue weighted by Gasteiger charge is -2.22. The molecule has 0 radical (unpaired) electrons. The number of hydrogen-bond donors (Lipinski definition) is 0. The number of carbonyl (C=O) groups excluding carboxylic acids is 1.